The Kier molecular flexibility index (Phi) is 6.60. The number of carbonyl (C=O) groups is 2. The molecule has 1 aromatic heterocycles. The van der Waals surface area contributed by atoms with Crippen LogP contribution in [0.1, 0.15) is 21.6 Å². The zero-order valence-electron chi connectivity index (χ0n) is 17.9. The van der Waals surface area contributed by atoms with Crippen LogP contribution in [-0.4, -0.2) is 28.2 Å². The molecule has 0 saturated carbocycles. The molecule has 0 fully saturated rings. The van der Waals surface area contributed by atoms with Crippen LogP contribution < -0.4 is 21.1 Å². The smallest absolute Gasteiger partial charge is 0.290 e. The molecule has 0 spiro atoms. The van der Waals surface area contributed by atoms with Gasteiger partial charge in [0.05, 0.1) is 17.5 Å². The third kappa shape index (κ3) is 4.92. The molecule has 1 heterocycles. The number of nitriles is 1. The molecule has 3 aromatic carbocycles. The first kappa shape index (κ1) is 22.2. The quantitative estimate of drug-likeness (QED) is 0.431. The van der Waals surface area contributed by atoms with Gasteiger partial charge in [0.1, 0.15) is 11.8 Å². The van der Waals surface area contributed by atoms with Crippen LogP contribution in [0.3, 0.4) is 0 Å². The summed E-state index contributed by atoms with van der Waals surface area (Å²) in [5, 5.41) is 14.1. The molecule has 2 N–H and O–H groups in total. The summed E-state index contributed by atoms with van der Waals surface area (Å²) in [5.74, 6) is -1.07. The molecule has 34 heavy (non-hydrogen) atoms. The van der Waals surface area contributed by atoms with E-state index in [9.17, 15) is 14.4 Å². The lowest BCUT2D eigenvalue weighted by Gasteiger charge is -2.12. The highest BCUT2D eigenvalue weighted by Crippen LogP contribution is 2.16. The van der Waals surface area contributed by atoms with Crippen LogP contribution >= 0.6 is 0 Å². The van der Waals surface area contributed by atoms with Crippen molar-refractivity contribution in [3.05, 3.63) is 106 Å². The predicted molar refractivity (Wildman–Crippen MR) is 124 cm³/mol. The lowest BCUT2D eigenvalue weighted by atomic mass is 10.1. The van der Waals surface area contributed by atoms with Gasteiger partial charge in [0.25, 0.3) is 17.4 Å². The number of aromatic nitrogens is 2. The van der Waals surface area contributed by atoms with E-state index in [1.165, 1.54) is 4.68 Å². The van der Waals surface area contributed by atoms with Crippen LogP contribution in [0.25, 0.3) is 10.8 Å². The van der Waals surface area contributed by atoms with Crippen molar-refractivity contribution in [1.82, 2.24) is 20.6 Å². The number of amides is 2. The Labute approximate surface area is 194 Å². The normalized spacial score (nSPS) is 10.3. The Bertz CT molecular complexity index is 1460. The highest BCUT2D eigenvalue weighted by molar-refractivity contribution is 6.05. The van der Waals surface area contributed by atoms with Gasteiger partial charge in [0.2, 0.25) is 0 Å². The van der Waals surface area contributed by atoms with Crippen molar-refractivity contribution in [2.45, 2.75) is 6.54 Å². The lowest BCUT2D eigenvalue weighted by molar-refractivity contribution is -0.123. The molecular weight excluding hydrogens is 434 g/mol. The first-order valence-electron chi connectivity index (χ1n) is 10.3. The summed E-state index contributed by atoms with van der Waals surface area (Å²) < 4.78 is 6.57. The number of hydrazine groups is 1. The van der Waals surface area contributed by atoms with Crippen molar-refractivity contribution in [3.63, 3.8) is 0 Å². The standard InChI is InChI=1S/C25H19N5O4/c26-14-18-10-4-7-13-21(18)34-16-22(31)27-28-24(32)23-19-11-5-6-12-20(19)25(33)30(29-23)15-17-8-2-1-3-9-17/h1-13H,15-16H2,(H,27,31)(H,28,32). The molecule has 9 heteroatoms. The fraction of sp³-hybridized carbons (Fsp3) is 0.0800. The molecule has 4 rings (SSSR count). The van der Waals surface area contributed by atoms with Gasteiger partial charge in [-0.2, -0.15) is 10.4 Å². The second kappa shape index (κ2) is 10.1. The molecule has 0 atom stereocenters. The maximum atomic E-state index is 12.9. The number of hydrogen-bond acceptors (Lipinski definition) is 6. The molecule has 0 aliphatic rings. The van der Waals surface area contributed by atoms with Crippen molar-refractivity contribution >= 4 is 22.6 Å². The van der Waals surface area contributed by atoms with Crippen LogP contribution in [0.2, 0.25) is 0 Å². The number of nitrogens with one attached hydrogen (secondary N) is 2. The Hall–Kier alpha value is -4.97. The number of ether oxygens (including phenoxy) is 1. The monoisotopic (exact) mass is 453 g/mol. The fourth-order valence-electron chi connectivity index (χ4n) is 3.32. The first-order valence-corrected chi connectivity index (χ1v) is 10.3. The van der Waals surface area contributed by atoms with Crippen molar-refractivity contribution in [2.75, 3.05) is 6.61 Å². The minimum Gasteiger partial charge on any atom is -0.482 e. The Morgan fingerprint density at radius 1 is 0.912 bits per heavy atom. The van der Waals surface area contributed by atoms with Crippen LogP contribution in [0.5, 0.6) is 5.75 Å². The van der Waals surface area contributed by atoms with Gasteiger partial charge in [-0.15, -0.1) is 0 Å². The molecule has 4 aromatic rings. The SMILES string of the molecule is N#Cc1ccccc1OCC(=O)NNC(=O)c1nn(Cc2ccccc2)c(=O)c2ccccc12. The Morgan fingerprint density at radius 3 is 2.35 bits per heavy atom. The molecule has 0 aliphatic carbocycles. The highest BCUT2D eigenvalue weighted by Gasteiger charge is 2.17. The summed E-state index contributed by atoms with van der Waals surface area (Å²) in [4.78, 5) is 37.9. The maximum Gasteiger partial charge on any atom is 0.290 e. The van der Waals surface area contributed by atoms with Crippen molar-refractivity contribution < 1.29 is 14.3 Å². The summed E-state index contributed by atoms with van der Waals surface area (Å²) >= 11 is 0. The van der Waals surface area contributed by atoms with E-state index in [4.69, 9.17) is 10.00 Å². The number of fused-ring (bicyclic) bond motifs is 1. The molecule has 2 amide bonds. The van der Waals surface area contributed by atoms with Gasteiger partial charge in [0, 0.05) is 5.39 Å². The Morgan fingerprint density at radius 2 is 1.59 bits per heavy atom. The largest absolute Gasteiger partial charge is 0.482 e. The zero-order valence-corrected chi connectivity index (χ0v) is 17.9. The number of carbonyl (C=O) groups excluding carboxylic acids is 2. The third-order valence-corrected chi connectivity index (χ3v) is 4.94. The number of nitrogens with zero attached hydrogens (tertiary/aromatic N) is 3. The number of benzene rings is 3. The number of para-hydroxylation sites is 1. The summed E-state index contributed by atoms with van der Waals surface area (Å²) in [6.07, 6.45) is 0. The Balaban J connectivity index is 1.50. The minimum atomic E-state index is -0.691. The molecule has 9 nitrogen and oxygen atoms in total. The summed E-state index contributed by atoms with van der Waals surface area (Å²) in [5.41, 5.74) is 5.36. The van der Waals surface area contributed by atoms with Gasteiger partial charge in [-0.1, -0.05) is 60.7 Å². The lowest BCUT2D eigenvalue weighted by Crippen LogP contribution is -2.44. The second-order valence-corrected chi connectivity index (χ2v) is 7.24. The third-order valence-electron chi connectivity index (χ3n) is 4.94. The van der Waals surface area contributed by atoms with Crippen LogP contribution in [0.15, 0.2) is 83.7 Å². The zero-order chi connectivity index (χ0) is 23.9. The highest BCUT2D eigenvalue weighted by atomic mass is 16.5. The van der Waals surface area contributed by atoms with Crippen LogP contribution in [-0.2, 0) is 11.3 Å². The second-order valence-electron chi connectivity index (χ2n) is 7.24. The number of rotatable bonds is 6. The van der Waals surface area contributed by atoms with Gasteiger partial charge in [0.15, 0.2) is 12.3 Å². The van der Waals surface area contributed by atoms with Gasteiger partial charge >= 0.3 is 0 Å². The van der Waals surface area contributed by atoms with E-state index in [-0.39, 0.29) is 29.1 Å². The predicted octanol–water partition coefficient (Wildman–Crippen LogP) is 2.16. The van der Waals surface area contributed by atoms with Gasteiger partial charge in [-0.05, 0) is 23.8 Å². The average molecular weight is 453 g/mol. The van der Waals surface area contributed by atoms with E-state index in [0.717, 1.165) is 5.56 Å². The molecule has 0 bridgehead atoms. The van der Waals surface area contributed by atoms with Gasteiger partial charge in [-0.25, -0.2) is 4.68 Å². The van der Waals surface area contributed by atoms with E-state index in [1.807, 2.05) is 36.4 Å². The van der Waals surface area contributed by atoms with Gasteiger partial charge < -0.3 is 4.74 Å². The van der Waals surface area contributed by atoms with Crippen molar-refractivity contribution in [3.8, 4) is 11.8 Å². The first-order chi connectivity index (χ1) is 16.6. The maximum absolute atomic E-state index is 12.9. The summed E-state index contributed by atoms with van der Waals surface area (Å²) in [6, 6.07) is 24.4. The van der Waals surface area contributed by atoms with Crippen LogP contribution in [0, 0.1) is 11.3 Å². The van der Waals surface area contributed by atoms with Gasteiger partial charge in [-0.3, -0.25) is 25.2 Å². The topological polar surface area (TPSA) is 126 Å². The molecule has 168 valence electrons. The minimum absolute atomic E-state index is 0.0119. The van der Waals surface area contributed by atoms with E-state index >= 15 is 0 Å². The number of hydrogen-bond donors (Lipinski definition) is 2. The van der Waals surface area contributed by atoms with E-state index in [0.29, 0.717) is 10.8 Å². The fourth-order valence-corrected chi connectivity index (χ4v) is 3.32. The molecule has 0 saturated heterocycles. The van der Waals surface area contributed by atoms with E-state index in [1.54, 1.807) is 48.5 Å². The molecule has 0 radical (unpaired) electrons. The van der Waals surface area contributed by atoms with Crippen LogP contribution in [0.4, 0.5) is 0 Å². The van der Waals surface area contributed by atoms with E-state index < -0.39 is 18.4 Å². The molecular formula is C25H19N5O4. The summed E-state index contributed by atoms with van der Waals surface area (Å²) in [6.45, 7) is -0.232. The van der Waals surface area contributed by atoms with Crippen molar-refractivity contribution in [2.24, 2.45) is 0 Å². The summed E-state index contributed by atoms with van der Waals surface area (Å²) in [7, 11) is 0. The molecule has 0 unspecified atom stereocenters. The van der Waals surface area contributed by atoms with Crippen molar-refractivity contribution in [1.29, 1.82) is 5.26 Å². The average Bonchev–Trinajstić information content (AvgIpc) is 2.88. The van der Waals surface area contributed by atoms with E-state index in [2.05, 4.69) is 16.0 Å². The molecule has 0 aliphatic heterocycles.